The summed E-state index contributed by atoms with van der Waals surface area (Å²) >= 11 is 0. The summed E-state index contributed by atoms with van der Waals surface area (Å²) in [6, 6.07) is 16.2. The molecule has 124 valence electrons. The highest BCUT2D eigenvalue weighted by Crippen LogP contribution is 2.09. The molecule has 0 aliphatic carbocycles. The number of aromatic nitrogens is 1. The summed E-state index contributed by atoms with van der Waals surface area (Å²) in [6.45, 7) is 1.47. The highest BCUT2D eigenvalue weighted by Gasteiger charge is 2.12. The Morgan fingerprint density at radius 2 is 1.88 bits per heavy atom. The number of carbonyl (C=O) groups excluding carboxylic acids is 1. The molecule has 3 rings (SSSR count). The van der Waals surface area contributed by atoms with Gasteiger partial charge >= 0.3 is 5.97 Å². The number of H-pyrrole nitrogens is 1. The van der Waals surface area contributed by atoms with Crippen molar-refractivity contribution in [3.8, 4) is 0 Å². The largest absolute Gasteiger partial charge is 0.480 e. The Bertz CT molecular complexity index is 809. The van der Waals surface area contributed by atoms with Crippen LogP contribution in [-0.4, -0.2) is 27.9 Å². The molecular weight excluding hydrogens is 304 g/mol. The van der Waals surface area contributed by atoms with Gasteiger partial charge in [-0.3, -0.25) is 9.59 Å². The number of carbonyl (C=O) groups is 2. The Morgan fingerprint density at radius 3 is 2.54 bits per heavy atom. The van der Waals surface area contributed by atoms with E-state index in [0.717, 1.165) is 5.56 Å². The number of carboxylic acid groups (broad SMARTS) is 1. The summed E-state index contributed by atoms with van der Waals surface area (Å²) in [6.07, 6.45) is 2.18. The van der Waals surface area contributed by atoms with Gasteiger partial charge in [0.2, 0.25) is 0 Å². The van der Waals surface area contributed by atoms with Gasteiger partial charge in [0.15, 0.2) is 5.78 Å². The van der Waals surface area contributed by atoms with Crippen LogP contribution in [0.2, 0.25) is 0 Å². The predicted octanol–water partition coefficient (Wildman–Crippen LogP) is 3.01. The zero-order valence-electron chi connectivity index (χ0n) is 13.4. The van der Waals surface area contributed by atoms with Gasteiger partial charge in [-0.2, -0.15) is 0 Å². The quantitative estimate of drug-likeness (QED) is 0.643. The highest BCUT2D eigenvalue weighted by atomic mass is 16.4. The lowest BCUT2D eigenvalue weighted by Gasteiger charge is -2.06. The van der Waals surface area contributed by atoms with E-state index in [2.05, 4.69) is 23.2 Å². The van der Waals surface area contributed by atoms with Crippen LogP contribution in [0, 0.1) is 0 Å². The van der Waals surface area contributed by atoms with Crippen LogP contribution in [0.4, 0.5) is 0 Å². The van der Waals surface area contributed by atoms with Crippen LogP contribution >= 0.6 is 0 Å². The Hall–Kier alpha value is -2.92. The third kappa shape index (κ3) is 4.79. The number of nitrogens with two attached hydrogens (primary N) is 1. The van der Waals surface area contributed by atoms with Crippen LogP contribution in [0.3, 0.4) is 0 Å². The molecule has 24 heavy (non-hydrogen) atoms. The summed E-state index contributed by atoms with van der Waals surface area (Å²) in [5.74, 6) is -1.08. The minimum Gasteiger partial charge on any atom is -0.480 e. The number of aliphatic carboxylic acids is 1. The fourth-order valence-electron chi connectivity index (χ4n) is 2.25. The number of carboxylic acids is 1. The van der Waals surface area contributed by atoms with E-state index < -0.39 is 12.0 Å². The van der Waals surface area contributed by atoms with Gasteiger partial charge in [-0.15, -0.1) is 0 Å². The molecule has 3 aromatic rings. The van der Waals surface area contributed by atoms with Gasteiger partial charge in [0.25, 0.3) is 0 Å². The second kappa shape index (κ2) is 8.08. The first-order valence-corrected chi connectivity index (χ1v) is 7.58. The normalized spacial score (nSPS) is 11.4. The molecule has 2 aromatic carbocycles. The number of ketones is 1. The number of aromatic amines is 1. The lowest BCUT2D eigenvalue weighted by Crippen LogP contribution is -2.32. The van der Waals surface area contributed by atoms with Gasteiger partial charge in [-0.1, -0.05) is 36.4 Å². The first kappa shape index (κ1) is 17.4. The van der Waals surface area contributed by atoms with Gasteiger partial charge in [0.1, 0.15) is 6.04 Å². The summed E-state index contributed by atoms with van der Waals surface area (Å²) in [7, 11) is 0. The highest BCUT2D eigenvalue weighted by molar-refractivity contribution is 5.94. The number of hydrogen-bond acceptors (Lipinski definition) is 3. The minimum absolute atomic E-state index is 0.0410. The van der Waals surface area contributed by atoms with E-state index in [-0.39, 0.29) is 12.2 Å². The molecule has 0 bridgehead atoms. The third-order valence-corrected chi connectivity index (χ3v) is 3.57. The number of fused-ring (bicyclic) bond motifs is 1. The number of nitrogens with one attached hydrogen (secondary N) is 1. The van der Waals surface area contributed by atoms with Crippen molar-refractivity contribution in [1.82, 2.24) is 4.98 Å². The molecule has 1 heterocycles. The number of benzene rings is 2. The predicted molar refractivity (Wildman–Crippen MR) is 94.1 cm³/mol. The third-order valence-electron chi connectivity index (χ3n) is 3.57. The molecule has 0 aliphatic heterocycles. The maximum absolute atomic E-state index is 11.1. The average Bonchev–Trinajstić information content (AvgIpc) is 3.04. The zero-order chi connectivity index (χ0) is 17.5. The lowest BCUT2D eigenvalue weighted by molar-refractivity contribution is -0.138. The van der Waals surface area contributed by atoms with Crippen molar-refractivity contribution in [3.63, 3.8) is 0 Å². The van der Waals surface area contributed by atoms with Crippen molar-refractivity contribution in [1.29, 1.82) is 0 Å². The molecule has 0 saturated heterocycles. The molecule has 0 fully saturated rings. The Labute approximate surface area is 140 Å². The molecule has 1 atom stereocenters. The van der Waals surface area contributed by atoms with Crippen LogP contribution < -0.4 is 5.73 Å². The average molecular weight is 324 g/mol. The molecule has 4 N–H and O–H groups in total. The number of para-hydroxylation sites is 1. The Balaban J connectivity index is 0.000000194. The number of hydrogen-bond donors (Lipinski definition) is 3. The van der Waals surface area contributed by atoms with Crippen LogP contribution in [0.25, 0.3) is 10.9 Å². The van der Waals surface area contributed by atoms with E-state index in [0.29, 0.717) is 5.56 Å². The first-order valence-electron chi connectivity index (χ1n) is 7.58. The van der Waals surface area contributed by atoms with Crippen LogP contribution in [0.5, 0.6) is 0 Å². The zero-order valence-corrected chi connectivity index (χ0v) is 13.4. The first-order chi connectivity index (χ1) is 11.5. The van der Waals surface area contributed by atoms with Crippen LogP contribution in [0.1, 0.15) is 22.8 Å². The number of Topliss-reactive ketones (excluding diaryl/α,β-unsaturated/α-hetero) is 1. The van der Waals surface area contributed by atoms with Gasteiger partial charge in [0.05, 0.1) is 0 Å². The van der Waals surface area contributed by atoms with Crippen LogP contribution in [-0.2, 0) is 11.2 Å². The van der Waals surface area contributed by atoms with Gasteiger partial charge < -0.3 is 15.8 Å². The van der Waals surface area contributed by atoms with Crippen molar-refractivity contribution in [3.05, 3.63) is 71.9 Å². The van der Waals surface area contributed by atoms with Crippen molar-refractivity contribution < 1.29 is 14.7 Å². The van der Waals surface area contributed by atoms with E-state index in [1.807, 2.05) is 18.3 Å². The van der Waals surface area contributed by atoms with E-state index in [4.69, 9.17) is 10.8 Å². The van der Waals surface area contributed by atoms with Crippen LogP contribution in [0.15, 0.2) is 60.8 Å². The number of rotatable bonds is 4. The Kier molecular flexibility index (Phi) is 5.87. The maximum Gasteiger partial charge on any atom is 0.320 e. The van der Waals surface area contributed by atoms with Gasteiger partial charge in [0, 0.05) is 17.3 Å². The van der Waals surface area contributed by atoms with E-state index >= 15 is 0 Å². The van der Waals surface area contributed by atoms with Gasteiger partial charge in [-0.25, -0.2) is 0 Å². The molecule has 0 aliphatic rings. The monoisotopic (exact) mass is 324 g/mol. The second-order valence-corrected chi connectivity index (χ2v) is 5.47. The van der Waals surface area contributed by atoms with Crippen molar-refractivity contribution in [2.24, 2.45) is 5.73 Å². The maximum atomic E-state index is 11.1. The molecule has 5 nitrogen and oxygen atoms in total. The molecular formula is C19H20N2O3. The van der Waals surface area contributed by atoms with Crippen molar-refractivity contribution >= 4 is 22.7 Å². The molecule has 0 spiro atoms. The summed E-state index contributed by atoms with van der Waals surface area (Å²) in [5, 5.41) is 9.91. The summed E-state index contributed by atoms with van der Waals surface area (Å²) < 4.78 is 0. The smallest absolute Gasteiger partial charge is 0.320 e. The molecule has 5 heteroatoms. The van der Waals surface area contributed by atoms with Crippen molar-refractivity contribution in [2.75, 3.05) is 0 Å². The fraction of sp³-hybridized carbons (Fsp3) is 0.158. The Morgan fingerprint density at radius 1 is 1.12 bits per heavy atom. The lowest BCUT2D eigenvalue weighted by atomic mass is 10.0. The fourth-order valence-corrected chi connectivity index (χ4v) is 2.25. The SMILES string of the molecule is CC(=O)c1cccc(C[C@H](N)C(=O)O)c1.c1ccc2[nH]ccc2c1. The standard InChI is InChI=1S/C11H13NO3.C8H7N/c1-7(13)9-4-2-3-8(5-9)6-10(12)11(14)15;1-2-4-8-7(3-1)5-6-9-8/h2-5,10H,6,12H2,1H3,(H,14,15);1-6,9H/t10-;/m0./s1. The van der Waals surface area contributed by atoms with Gasteiger partial charge in [-0.05, 0) is 42.5 Å². The summed E-state index contributed by atoms with van der Waals surface area (Å²) in [5.41, 5.74) is 7.93. The van der Waals surface area contributed by atoms with E-state index in [1.54, 1.807) is 24.3 Å². The molecule has 0 saturated carbocycles. The molecule has 1 aromatic heterocycles. The van der Waals surface area contributed by atoms with E-state index in [9.17, 15) is 9.59 Å². The molecule has 0 radical (unpaired) electrons. The molecule has 0 unspecified atom stereocenters. The minimum atomic E-state index is -1.04. The van der Waals surface area contributed by atoms with Crippen molar-refractivity contribution in [2.45, 2.75) is 19.4 Å². The second-order valence-electron chi connectivity index (χ2n) is 5.47. The van der Waals surface area contributed by atoms with E-state index in [1.165, 1.54) is 17.8 Å². The molecule has 0 amide bonds. The summed E-state index contributed by atoms with van der Waals surface area (Å²) in [4.78, 5) is 24.7. The topological polar surface area (TPSA) is 96.2 Å².